The maximum atomic E-state index is 15.0. The van der Waals surface area contributed by atoms with E-state index in [0.29, 0.717) is 0 Å². The molecule has 10 heteroatoms. The number of fused-ring (bicyclic) bond motifs is 2. The molecule has 1 N–H and O–H groups in total. The second-order valence-electron chi connectivity index (χ2n) is 7.80. The molecule has 32 heavy (non-hydrogen) atoms. The summed E-state index contributed by atoms with van der Waals surface area (Å²) < 4.78 is 49.3. The van der Waals surface area contributed by atoms with Crippen molar-refractivity contribution in [1.82, 2.24) is 9.55 Å². The lowest BCUT2D eigenvalue weighted by atomic mass is 9.86. The molecular weight excluding hydrogens is 453 g/mol. The highest BCUT2D eigenvalue weighted by Crippen LogP contribution is 2.32. The van der Waals surface area contributed by atoms with E-state index in [9.17, 15) is 17.6 Å². The SMILES string of the molecule is C[C@H](c1cccc2c1CCCC2)n1c(=O)oc2cc(S(=O)(=O)Nc3nccs3)c(F)cc21. The molecule has 1 atom stereocenters. The Bertz CT molecular complexity index is 1470. The van der Waals surface area contributed by atoms with E-state index in [2.05, 4.69) is 15.8 Å². The lowest BCUT2D eigenvalue weighted by Gasteiger charge is -2.23. The van der Waals surface area contributed by atoms with Crippen LogP contribution in [0.2, 0.25) is 0 Å². The molecular formula is C22H20FN3O4S2. The number of sulfonamides is 1. The van der Waals surface area contributed by atoms with Gasteiger partial charge in [-0.2, -0.15) is 0 Å². The summed E-state index contributed by atoms with van der Waals surface area (Å²) in [6, 6.07) is 7.75. The zero-order chi connectivity index (χ0) is 22.5. The quantitative estimate of drug-likeness (QED) is 0.461. The fraction of sp³-hybridized carbons (Fsp3) is 0.273. The number of aromatic nitrogens is 2. The number of oxazole rings is 1. The van der Waals surface area contributed by atoms with E-state index in [0.717, 1.165) is 54.7 Å². The average Bonchev–Trinajstić information content (AvgIpc) is 3.38. The largest absolute Gasteiger partial charge is 0.420 e. The number of rotatable bonds is 5. The molecule has 7 nitrogen and oxygen atoms in total. The molecule has 4 aromatic rings. The Hall–Kier alpha value is -2.98. The average molecular weight is 474 g/mol. The summed E-state index contributed by atoms with van der Waals surface area (Å²) in [6.45, 7) is 1.87. The Balaban J connectivity index is 1.60. The summed E-state index contributed by atoms with van der Waals surface area (Å²) in [4.78, 5) is 16.0. The second kappa shape index (κ2) is 7.86. The smallest absolute Gasteiger partial charge is 0.408 e. The summed E-state index contributed by atoms with van der Waals surface area (Å²) in [7, 11) is -4.24. The van der Waals surface area contributed by atoms with Gasteiger partial charge in [-0.05, 0) is 49.3 Å². The Labute approximate surface area is 187 Å². The van der Waals surface area contributed by atoms with Gasteiger partial charge in [-0.25, -0.2) is 22.6 Å². The zero-order valence-electron chi connectivity index (χ0n) is 17.2. The van der Waals surface area contributed by atoms with Gasteiger partial charge in [0.05, 0.1) is 11.6 Å². The molecule has 0 amide bonds. The molecule has 2 aromatic carbocycles. The predicted molar refractivity (Wildman–Crippen MR) is 120 cm³/mol. The maximum absolute atomic E-state index is 15.0. The van der Waals surface area contributed by atoms with Gasteiger partial charge in [-0.1, -0.05) is 18.2 Å². The van der Waals surface area contributed by atoms with Crippen molar-refractivity contribution in [1.29, 1.82) is 0 Å². The number of benzene rings is 2. The molecule has 5 rings (SSSR count). The molecule has 2 aromatic heterocycles. The minimum atomic E-state index is -4.24. The van der Waals surface area contributed by atoms with Gasteiger partial charge in [0.25, 0.3) is 10.0 Å². The molecule has 1 aliphatic rings. The van der Waals surface area contributed by atoms with Gasteiger partial charge in [0.15, 0.2) is 10.7 Å². The molecule has 0 aliphatic heterocycles. The molecule has 0 saturated carbocycles. The van der Waals surface area contributed by atoms with E-state index in [1.807, 2.05) is 19.1 Å². The number of anilines is 1. The molecule has 0 spiro atoms. The van der Waals surface area contributed by atoms with E-state index in [4.69, 9.17) is 4.42 Å². The number of aryl methyl sites for hydroxylation is 1. The zero-order valence-corrected chi connectivity index (χ0v) is 18.8. The molecule has 166 valence electrons. The van der Waals surface area contributed by atoms with Crippen molar-refractivity contribution in [2.45, 2.75) is 43.5 Å². The van der Waals surface area contributed by atoms with Crippen LogP contribution in [0.1, 0.15) is 42.5 Å². The first-order valence-corrected chi connectivity index (χ1v) is 12.6. The van der Waals surface area contributed by atoms with E-state index < -0.39 is 32.5 Å². The number of halogens is 1. The highest BCUT2D eigenvalue weighted by Gasteiger charge is 2.26. The normalized spacial score (nSPS) is 14.9. The maximum Gasteiger partial charge on any atom is 0.420 e. The van der Waals surface area contributed by atoms with Crippen molar-refractivity contribution < 1.29 is 17.2 Å². The third-order valence-corrected chi connectivity index (χ3v) is 8.05. The number of hydrogen-bond donors (Lipinski definition) is 1. The van der Waals surface area contributed by atoms with Crippen LogP contribution in [0.3, 0.4) is 0 Å². The van der Waals surface area contributed by atoms with E-state index in [-0.39, 0.29) is 16.2 Å². The van der Waals surface area contributed by atoms with E-state index in [1.54, 1.807) is 5.38 Å². The van der Waals surface area contributed by atoms with Crippen molar-refractivity contribution >= 4 is 37.6 Å². The Morgan fingerprint density at radius 1 is 1.25 bits per heavy atom. The van der Waals surface area contributed by atoms with Crippen LogP contribution < -0.4 is 10.5 Å². The third-order valence-electron chi connectivity index (χ3n) is 5.88. The molecule has 0 saturated heterocycles. The van der Waals surface area contributed by atoms with Gasteiger partial charge in [0.2, 0.25) is 0 Å². The Kier molecular flexibility index (Phi) is 5.13. The van der Waals surface area contributed by atoms with Gasteiger partial charge in [0.1, 0.15) is 10.7 Å². The monoisotopic (exact) mass is 473 g/mol. The van der Waals surface area contributed by atoms with Gasteiger partial charge in [-0.3, -0.25) is 9.29 Å². The molecule has 0 unspecified atom stereocenters. The Morgan fingerprint density at radius 3 is 2.84 bits per heavy atom. The number of nitrogens with zero attached hydrogens (tertiary/aromatic N) is 2. The fourth-order valence-electron chi connectivity index (χ4n) is 4.39. The third kappa shape index (κ3) is 3.53. The number of nitrogens with one attached hydrogen (secondary N) is 1. The van der Waals surface area contributed by atoms with Crippen molar-refractivity contribution in [3.05, 3.63) is 75.0 Å². The summed E-state index contributed by atoms with van der Waals surface area (Å²) in [6.07, 6.45) is 5.58. The molecule has 0 fully saturated rings. The van der Waals surface area contributed by atoms with Crippen LogP contribution in [0.15, 0.2) is 56.0 Å². The fourth-order valence-corrected chi connectivity index (χ4v) is 6.26. The van der Waals surface area contributed by atoms with Crippen LogP contribution in [-0.4, -0.2) is 18.0 Å². The van der Waals surface area contributed by atoms with Crippen LogP contribution in [0.25, 0.3) is 11.1 Å². The van der Waals surface area contributed by atoms with Crippen LogP contribution in [0, 0.1) is 5.82 Å². The highest BCUT2D eigenvalue weighted by molar-refractivity contribution is 7.93. The number of thiazole rings is 1. The van der Waals surface area contributed by atoms with E-state index >= 15 is 0 Å². The van der Waals surface area contributed by atoms with Gasteiger partial charge >= 0.3 is 5.76 Å². The van der Waals surface area contributed by atoms with Crippen molar-refractivity contribution in [3.8, 4) is 0 Å². The van der Waals surface area contributed by atoms with Crippen LogP contribution in [0.5, 0.6) is 0 Å². The van der Waals surface area contributed by atoms with Crippen LogP contribution in [-0.2, 0) is 22.9 Å². The first-order valence-electron chi connectivity index (χ1n) is 10.2. The standard InChI is InChI=1S/C22H20FN3O4S2/c1-13(15-8-4-6-14-5-2-3-7-16(14)15)26-18-11-17(23)20(12-19(18)30-22(26)27)32(28,29)25-21-24-9-10-31-21/h4,6,8-13H,2-3,5,7H2,1H3,(H,24,25)/t13-/m1/s1. The minimum Gasteiger partial charge on any atom is -0.408 e. The van der Waals surface area contributed by atoms with Crippen LogP contribution in [0.4, 0.5) is 9.52 Å². The van der Waals surface area contributed by atoms with Crippen molar-refractivity contribution in [2.75, 3.05) is 4.72 Å². The molecule has 0 bridgehead atoms. The van der Waals surface area contributed by atoms with Gasteiger partial charge < -0.3 is 4.42 Å². The summed E-state index contributed by atoms with van der Waals surface area (Å²) in [5.74, 6) is -1.64. The lowest BCUT2D eigenvalue weighted by Crippen LogP contribution is -2.21. The van der Waals surface area contributed by atoms with Gasteiger partial charge in [-0.15, -0.1) is 11.3 Å². The summed E-state index contributed by atoms with van der Waals surface area (Å²) in [5, 5.41) is 1.71. The summed E-state index contributed by atoms with van der Waals surface area (Å²) >= 11 is 1.07. The molecule has 0 radical (unpaired) electrons. The van der Waals surface area contributed by atoms with Crippen LogP contribution >= 0.6 is 11.3 Å². The molecule has 1 aliphatic carbocycles. The lowest BCUT2D eigenvalue weighted by molar-refractivity contribution is 0.487. The predicted octanol–water partition coefficient (Wildman–Crippen LogP) is 4.48. The minimum absolute atomic E-state index is 0.00700. The van der Waals surface area contributed by atoms with Gasteiger partial charge in [0, 0.05) is 23.7 Å². The second-order valence-corrected chi connectivity index (χ2v) is 10.3. The summed E-state index contributed by atoms with van der Waals surface area (Å²) in [5.41, 5.74) is 3.71. The first-order chi connectivity index (χ1) is 15.3. The first kappa shape index (κ1) is 20.9. The highest BCUT2D eigenvalue weighted by atomic mass is 32.2. The molecule has 2 heterocycles. The topological polar surface area (TPSA) is 94.2 Å². The van der Waals surface area contributed by atoms with E-state index in [1.165, 1.54) is 21.9 Å². The van der Waals surface area contributed by atoms with Crippen molar-refractivity contribution in [3.63, 3.8) is 0 Å². The van der Waals surface area contributed by atoms with Crippen molar-refractivity contribution in [2.24, 2.45) is 0 Å². The Morgan fingerprint density at radius 2 is 2.06 bits per heavy atom. The number of hydrogen-bond acceptors (Lipinski definition) is 6.